The number of benzene rings is 2. The lowest BCUT2D eigenvalue weighted by atomic mass is 10.2. The van der Waals surface area contributed by atoms with Crippen LogP contribution in [0.25, 0.3) is 11.2 Å². The van der Waals surface area contributed by atoms with Gasteiger partial charge >= 0.3 is 5.69 Å². The molecule has 0 bridgehead atoms. The molecule has 0 saturated heterocycles. The zero-order valence-corrected chi connectivity index (χ0v) is 17.7. The van der Waals surface area contributed by atoms with E-state index in [2.05, 4.69) is 20.5 Å². The third kappa shape index (κ3) is 4.77. The number of phenolic OH excluding ortho intramolecular Hbond substituents is 1. The number of para-hydroxylation sites is 2. The van der Waals surface area contributed by atoms with Crippen molar-refractivity contribution in [2.75, 3.05) is 12.0 Å². The smallest absolute Gasteiger partial charge is 0.329 e. The summed E-state index contributed by atoms with van der Waals surface area (Å²) in [6.45, 7) is -0.0903. The van der Waals surface area contributed by atoms with Gasteiger partial charge in [-0.15, -0.1) is 0 Å². The first-order valence-electron chi connectivity index (χ1n) is 10.1. The second kappa shape index (κ2) is 9.40. The number of hydrogen-bond donors (Lipinski definition) is 4. The first-order chi connectivity index (χ1) is 15.9. The summed E-state index contributed by atoms with van der Waals surface area (Å²) < 4.78 is 8.21. The molecule has 4 aromatic rings. The Labute approximate surface area is 187 Å². The van der Waals surface area contributed by atoms with Crippen molar-refractivity contribution in [1.29, 1.82) is 0 Å². The molecule has 2 aromatic carbocycles. The number of aromatic amines is 1. The van der Waals surface area contributed by atoms with E-state index in [0.29, 0.717) is 11.3 Å². The fourth-order valence-electron chi connectivity index (χ4n) is 3.23. The van der Waals surface area contributed by atoms with Crippen LogP contribution in [0.3, 0.4) is 0 Å². The number of aliphatic hydroxyl groups is 1. The van der Waals surface area contributed by atoms with Crippen LogP contribution < -0.4 is 21.4 Å². The number of imidazole rings is 1. The second-order valence-corrected chi connectivity index (χ2v) is 7.24. The Hall–Kier alpha value is -4.38. The lowest BCUT2D eigenvalue weighted by Gasteiger charge is -2.15. The van der Waals surface area contributed by atoms with E-state index >= 15 is 0 Å². The van der Waals surface area contributed by atoms with Crippen molar-refractivity contribution in [3.63, 3.8) is 0 Å². The van der Waals surface area contributed by atoms with Gasteiger partial charge in [0.25, 0.3) is 5.56 Å². The third-order valence-corrected chi connectivity index (χ3v) is 4.89. The molecule has 0 aliphatic carbocycles. The summed E-state index contributed by atoms with van der Waals surface area (Å²) in [6.07, 6.45) is 0.388. The zero-order valence-electron chi connectivity index (χ0n) is 17.7. The topological polar surface area (TPSA) is 147 Å². The molecule has 11 heteroatoms. The van der Waals surface area contributed by atoms with E-state index in [1.165, 1.54) is 28.5 Å². The fourth-order valence-corrected chi connectivity index (χ4v) is 3.23. The molecular formula is C22H22N6O5. The van der Waals surface area contributed by atoms with Crippen LogP contribution >= 0.6 is 0 Å². The largest absolute Gasteiger partial charge is 0.507 e. The van der Waals surface area contributed by atoms with Crippen LogP contribution in [0, 0.1) is 0 Å². The molecule has 11 nitrogen and oxygen atoms in total. The van der Waals surface area contributed by atoms with E-state index in [4.69, 9.17) is 4.74 Å². The van der Waals surface area contributed by atoms with E-state index in [0.717, 1.165) is 0 Å². The van der Waals surface area contributed by atoms with E-state index in [1.807, 2.05) is 18.2 Å². The molecular weight excluding hydrogens is 428 g/mol. The van der Waals surface area contributed by atoms with Gasteiger partial charge in [-0.05, 0) is 24.3 Å². The Morgan fingerprint density at radius 3 is 2.67 bits per heavy atom. The standard InChI is InChI=1S/C22H22N6O5/c1-27-19-18(20(31)25-22(27)32)28(12-15(29)13-33-16-8-3-2-4-9-16)21(24-19)26-23-11-14-7-5-6-10-17(14)30/h2-11,15,29-30H,12-13H2,1H3,(H,24,26)(H,25,31,32)/b23-11-. The molecule has 0 radical (unpaired) electrons. The number of phenols is 1. The van der Waals surface area contributed by atoms with Gasteiger partial charge in [0.1, 0.15) is 24.2 Å². The van der Waals surface area contributed by atoms with E-state index in [1.54, 1.807) is 30.3 Å². The Morgan fingerprint density at radius 1 is 1.18 bits per heavy atom. The average molecular weight is 450 g/mol. The second-order valence-electron chi connectivity index (χ2n) is 7.24. The average Bonchev–Trinajstić information content (AvgIpc) is 3.17. The Bertz CT molecular complexity index is 1410. The molecule has 0 saturated carbocycles. The van der Waals surface area contributed by atoms with Crippen LogP contribution in [0.2, 0.25) is 0 Å². The summed E-state index contributed by atoms with van der Waals surface area (Å²) >= 11 is 0. The molecule has 4 N–H and O–H groups in total. The molecule has 0 aliphatic heterocycles. The number of aromatic hydroxyl groups is 1. The van der Waals surface area contributed by atoms with Crippen LogP contribution in [-0.4, -0.2) is 48.2 Å². The minimum atomic E-state index is -0.998. The molecule has 2 heterocycles. The molecule has 33 heavy (non-hydrogen) atoms. The zero-order chi connectivity index (χ0) is 23.4. The summed E-state index contributed by atoms with van der Waals surface area (Å²) in [7, 11) is 1.47. The normalized spacial score (nSPS) is 12.3. The van der Waals surface area contributed by atoms with Crippen LogP contribution in [0.4, 0.5) is 5.95 Å². The summed E-state index contributed by atoms with van der Waals surface area (Å²) in [4.78, 5) is 31.1. The summed E-state index contributed by atoms with van der Waals surface area (Å²) in [6, 6.07) is 15.6. The molecule has 4 rings (SSSR count). The van der Waals surface area contributed by atoms with E-state index in [9.17, 15) is 19.8 Å². The Balaban J connectivity index is 1.64. The fraction of sp³-hybridized carbons (Fsp3) is 0.182. The molecule has 0 spiro atoms. The minimum Gasteiger partial charge on any atom is -0.507 e. The van der Waals surface area contributed by atoms with Crippen molar-refractivity contribution >= 4 is 23.3 Å². The molecule has 0 aliphatic rings. The van der Waals surface area contributed by atoms with Crippen molar-refractivity contribution in [2.24, 2.45) is 12.1 Å². The maximum Gasteiger partial charge on any atom is 0.329 e. The van der Waals surface area contributed by atoms with Gasteiger partial charge in [0, 0.05) is 12.6 Å². The lowest BCUT2D eigenvalue weighted by molar-refractivity contribution is 0.0938. The maximum absolute atomic E-state index is 12.5. The number of anilines is 1. The predicted octanol–water partition coefficient (Wildman–Crippen LogP) is 1.01. The molecule has 170 valence electrons. The van der Waals surface area contributed by atoms with Crippen molar-refractivity contribution in [1.82, 2.24) is 19.1 Å². The van der Waals surface area contributed by atoms with Gasteiger partial charge in [-0.3, -0.25) is 14.3 Å². The number of fused-ring (bicyclic) bond motifs is 1. The number of rotatable bonds is 8. The highest BCUT2D eigenvalue weighted by atomic mass is 16.5. The quantitative estimate of drug-likeness (QED) is 0.231. The number of H-pyrrole nitrogens is 1. The van der Waals surface area contributed by atoms with Crippen LogP contribution in [0.15, 0.2) is 69.3 Å². The van der Waals surface area contributed by atoms with Crippen molar-refractivity contribution in [3.05, 3.63) is 81.0 Å². The first-order valence-corrected chi connectivity index (χ1v) is 10.1. The molecule has 0 amide bonds. The van der Waals surface area contributed by atoms with E-state index < -0.39 is 17.4 Å². The highest BCUT2D eigenvalue weighted by Crippen LogP contribution is 2.18. The monoisotopic (exact) mass is 450 g/mol. The number of aromatic nitrogens is 4. The lowest BCUT2D eigenvalue weighted by Crippen LogP contribution is -2.30. The van der Waals surface area contributed by atoms with Gasteiger partial charge in [-0.25, -0.2) is 10.2 Å². The summed E-state index contributed by atoms with van der Waals surface area (Å²) in [5.41, 5.74) is 2.15. The van der Waals surface area contributed by atoms with Gasteiger partial charge < -0.3 is 19.5 Å². The number of aliphatic hydroxyl groups excluding tert-OH is 1. The van der Waals surface area contributed by atoms with Crippen LogP contribution in [-0.2, 0) is 13.6 Å². The van der Waals surface area contributed by atoms with Crippen molar-refractivity contribution in [3.8, 4) is 11.5 Å². The van der Waals surface area contributed by atoms with Gasteiger partial charge in [0.2, 0.25) is 5.95 Å². The molecule has 2 aromatic heterocycles. The summed E-state index contributed by atoms with van der Waals surface area (Å²) in [5.74, 6) is 0.768. The molecule has 1 atom stereocenters. The molecule has 1 unspecified atom stereocenters. The summed E-state index contributed by atoms with van der Waals surface area (Å²) in [5, 5.41) is 24.5. The predicted molar refractivity (Wildman–Crippen MR) is 123 cm³/mol. The van der Waals surface area contributed by atoms with Gasteiger partial charge in [0.05, 0.1) is 12.8 Å². The highest BCUT2D eigenvalue weighted by Gasteiger charge is 2.20. The first kappa shape index (κ1) is 21.8. The van der Waals surface area contributed by atoms with Gasteiger partial charge in [-0.2, -0.15) is 10.1 Å². The number of aryl methyl sites for hydroxylation is 1. The molecule has 0 fully saturated rings. The Kier molecular flexibility index (Phi) is 6.22. The van der Waals surface area contributed by atoms with Gasteiger partial charge in [-0.1, -0.05) is 30.3 Å². The van der Waals surface area contributed by atoms with Crippen molar-refractivity contribution in [2.45, 2.75) is 12.6 Å². The van der Waals surface area contributed by atoms with Crippen molar-refractivity contribution < 1.29 is 14.9 Å². The third-order valence-electron chi connectivity index (χ3n) is 4.89. The minimum absolute atomic E-state index is 0.0338. The van der Waals surface area contributed by atoms with E-state index in [-0.39, 0.29) is 36.0 Å². The number of nitrogens with one attached hydrogen (secondary N) is 2. The van der Waals surface area contributed by atoms with Crippen LogP contribution in [0.1, 0.15) is 5.56 Å². The number of hydrazone groups is 1. The Morgan fingerprint density at radius 2 is 1.91 bits per heavy atom. The van der Waals surface area contributed by atoms with Gasteiger partial charge in [0.15, 0.2) is 11.2 Å². The number of nitrogens with zero attached hydrogens (tertiary/aromatic N) is 4. The SMILES string of the molecule is Cn1c(=O)[nH]c(=O)c2c1nc(N/N=C\c1ccccc1O)n2CC(O)COc1ccccc1. The maximum atomic E-state index is 12.5. The number of hydrogen-bond acceptors (Lipinski definition) is 8. The highest BCUT2D eigenvalue weighted by molar-refractivity contribution is 5.83. The number of ether oxygens (including phenoxy) is 1. The van der Waals surface area contributed by atoms with Crippen LogP contribution in [0.5, 0.6) is 11.5 Å².